The quantitative estimate of drug-likeness (QED) is 0.733. The van der Waals surface area contributed by atoms with E-state index < -0.39 is 5.82 Å². The van der Waals surface area contributed by atoms with Gasteiger partial charge < -0.3 is 5.32 Å². The van der Waals surface area contributed by atoms with Gasteiger partial charge in [-0.25, -0.2) is 9.07 Å². The van der Waals surface area contributed by atoms with Gasteiger partial charge in [-0.2, -0.15) is 10.4 Å². The number of thiophene rings is 1. The average molecular weight is 380 g/mol. The van der Waals surface area contributed by atoms with Crippen LogP contribution in [0.5, 0.6) is 0 Å². The molecule has 7 heteroatoms. The molecule has 0 saturated heterocycles. The molecule has 5 nitrogen and oxygen atoms in total. The minimum absolute atomic E-state index is 0.290. The number of carbonyl (C=O) groups excluding carboxylic acids is 1. The molecule has 1 aliphatic rings. The molecule has 1 aliphatic carbocycles. The maximum absolute atomic E-state index is 14.0. The lowest BCUT2D eigenvalue weighted by atomic mass is 9.96. The van der Waals surface area contributed by atoms with E-state index in [1.165, 1.54) is 33.2 Å². The predicted octanol–water partition coefficient (Wildman–Crippen LogP) is 4.38. The van der Waals surface area contributed by atoms with Crippen LogP contribution < -0.4 is 5.32 Å². The molecule has 0 saturated carbocycles. The average Bonchev–Trinajstić information content (AvgIpc) is 3.22. The van der Waals surface area contributed by atoms with Gasteiger partial charge >= 0.3 is 0 Å². The molecule has 1 amide bonds. The number of anilines is 1. The third kappa shape index (κ3) is 3.02. The van der Waals surface area contributed by atoms with E-state index >= 15 is 0 Å². The lowest BCUT2D eigenvalue weighted by Crippen LogP contribution is -2.13. The van der Waals surface area contributed by atoms with Crippen LogP contribution >= 0.6 is 11.3 Å². The van der Waals surface area contributed by atoms with E-state index in [4.69, 9.17) is 0 Å². The number of amides is 1. The second-order valence-corrected chi connectivity index (χ2v) is 7.59. The number of rotatable bonds is 3. The molecular weight excluding hydrogens is 363 g/mol. The highest BCUT2D eigenvalue weighted by Crippen LogP contribution is 2.37. The summed E-state index contributed by atoms with van der Waals surface area (Å²) in [5.74, 6) is -0.751. The number of fused-ring (bicyclic) bond motifs is 1. The van der Waals surface area contributed by atoms with E-state index in [1.54, 1.807) is 25.1 Å². The number of halogens is 1. The van der Waals surface area contributed by atoms with Crippen molar-refractivity contribution in [1.29, 1.82) is 5.26 Å². The van der Waals surface area contributed by atoms with Crippen molar-refractivity contribution in [3.63, 3.8) is 0 Å². The molecule has 4 rings (SSSR count). The van der Waals surface area contributed by atoms with Crippen LogP contribution in [0.1, 0.15) is 44.9 Å². The van der Waals surface area contributed by atoms with Crippen LogP contribution in [0.3, 0.4) is 0 Å². The number of hydrogen-bond acceptors (Lipinski definition) is 4. The van der Waals surface area contributed by atoms with E-state index in [9.17, 15) is 14.4 Å². The molecule has 0 bridgehead atoms. The van der Waals surface area contributed by atoms with Gasteiger partial charge in [-0.1, -0.05) is 12.1 Å². The van der Waals surface area contributed by atoms with Crippen LogP contribution in [-0.2, 0) is 12.8 Å². The third-order valence-electron chi connectivity index (χ3n) is 4.85. The van der Waals surface area contributed by atoms with Gasteiger partial charge in [0.1, 0.15) is 22.6 Å². The van der Waals surface area contributed by atoms with Crippen LogP contribution in [0.25, 0.3) is 5.69 Å². The highest BCUT2D eigenvalue weighted by molar-refractivity contribution is 7.16. The fourth-order valence-corrected chi connectivity index (χ4v) is 4.68. The first-order valence-electron chi connectivity index (χ1n) is 8.75. The van der Waals surface area contributed by atoms with Gasteiger partial charge in [0.2, 0.25) is 0 Å². The number of para-hydroxylation sites is 1. The number of hydrogen-bond donors (Lipinski definition) is 1. The Kier molecular flexibility index (Phi) is 4.50. The Morgan fingerprint density at radius 1 is 1.33 bits per heavy atom. The van der Waals surface area contributed by atoms with Crippen LogP contribution in [-0.4, -0.2) is 15.7 Å². The molecule has 1 aromatic carbocycles. The van der Waals surface area contributed by atoms with E-state index in [0.29, 0.717) is 27.5 Å². The highest BCUT2D eigenvalue weighted by Gasteiger charge is 2.23. The number of nitrogens with one attached hydrogen (secondary N) is 1. The summed E-state index contributed by atoms with van der Waals surface area (Å²) in [6.07, 6.45) is 5.45. The fourth-order valence-electron chi connectivity index (χ4n) is 3.44. The standard InChI is InChI=1S/C20H17FN4OS/c1-12-15(11-23-25(12)17-8-4-3-7-16(17)21)19(26)24-20-14(10-22)13-6-2-5-9-18(13)27-20/h3-4,7-8,11H,2,5-6,9H2,1H3,(H,24,26). The molecule has 0 fully saturated rings. The van der Waals surface area contributed by atoms with Crippen LogP contribution in [0.2, 0.25) is 0 Å². The van der Waals surface area contributed by atoms with Gasteiger partial charge in [0, 0.05) is 4.88 Å². The van der Waals surface area contributed by atoms with Crippen LogP contribution in [0, 0.1) is 24.1 Å². The van der Waals surface area contributed by atoms with Crippen molar-refractivity contribution < 1.29 is 9.18 Å². The Labute approximate surface area is 160 Å². The SMILES string of the molecule is Cc1c(C(=O)Nc2sc3c(c2C#N)CCCC3)cnn1-c1ccccc1F. The van der Waals surface area contributed by atoms with Crippen molar-refractivity contribution in [2.75, 3.05) is 5.32 Å². The summed E-state index contributed by atoms with van der Waals surface area (Å²) >= 11 is 1.48. The van der Waals surface area contributed by atoms with Crippen molar-refractivity contribution >= 4 is 22.2 Å². The van der Waals surface area contributed by atoms with Crippen LogP contribution in [0.4, 0.5) is 9.39 Å². The van der Waals surface area contributed by atoms with Crippen molar-refractivity contribution in [3.8, 4) is 11.8 Å². The molecule has 1 N–H and O–H groups in total. The molecule has 2 aromatic heterocycles. The van der Waals surface area contributed by atoms with Gasteiger partial charge in [0.05, 0.1) is 23.0 Å². The van der Waals surface area contributed by atoms with Gasteiger partial charge in [0.15, 0.2) is 0 Å². The molecular formula is C20H17FN4OS. The Bertz CT molecular complexity index is 1080. The minimum atomic E-state index is -0.409. The molecule has 136 valence electrons. The van der Waals surface area contributed by atoms with E-state index in [-0.39, 0.29) is 5.91 Å². The number of aromatic nitrogens is 2. The van der Waals surface area contributed by atoms with E-state index in [0.717, 1.165) is 31.2 Å². The molecule has 3 aromatic rings. The van der Waals surface area contributed by atoms with Gasteiger partial charge in [-0.15, -0.1) is 11.3 Å². The zero-order valence-corrected chi connectivity index (χ0v) is 15.6. The molecule has 0 atom stereocenters. The Hall–Kier alpha value is -2.98. The Morgan fingerprint density at radius 3 is 2.89 bits per heavy atom. The largest absolute Gasteiger partial charge is 0.312 e. The first-order chi connectivity index (χ1) is 13.1. The summed E-state index contributed by atoms with van der Waals surface area (Å²) in [4.78, 5) is 14.0. The lowest BCUT2D eigenvalue weighted by Gasteiger charge is -2.09. The second-order valence-electron chi connectivity index (χ2n) is 6.49. The van der Waals surface area contributed by atoms with Gasteiger partial charge in [0.25, 0.3) is 5.91 Å². The molecule has 0 aliphatic heterocycles. The third-order valence-corrected chi connectivity index (χ3v) is 6.05. The smallest absolute Gasteiger partial charge is 0.259 e. The number of nitriles is 1. The normalized spacial score (nSPS) is 13.1. The predicted molar refractivity (Wildman–Crippen MR) is 102 cm³/mol. The molecule has 0 spiro atoms. The topological polar surface area (TPSA) is 70.7 Å². The van der Waals surface area contributed by atoms with E-state index in [1.807, 2.05) is 0 Å². The van der Waals surface area contributed by atoms with Crippen LogP contribution in [0.15, 0.2) is 30.5 Å². The summed E-state index contributed by atoms with van der Waals surface area (Å²) in [5.41, 5.74) is 2.83. The summed E-state index contributed by atoms with van der Waals surface area (Å²) < 4.78 is 15.5. The van der Waals surface area contributed by atoms with Crippen molar-refractivity contribution in [2.45, 2.75) is 32.6 Å². The number of aryl methyl sites for hydroxylation is 1. The highest BCUT2D eigenvalue weighted by atomic mass is 32.1. The maximum Gasteiger partial charge on any atom is 0.259 e. The lowest BCUT2D eigenvalue weighted by molar-refractivity contribution is 0.102. The van der Waals surface area contributed by atoms with Crippen molar-refractivity contribution in [2.24, 2.45) is 0 Å². The second kappa shape index (κ2) is 6.97. The first kappa shape index (κ1) is 17.4. The minimum Gasteiger partial charge on any atom is -0.312 e. The Morgan fingerprint density at radius 2 is 2.11 bits per heavy atom. The molecule has 2 heterocycles. The van der Waals surface area contributed by atoms with Gasteiger partial charge in [-0.3, -0.25) is 4.79 Å². The Balaban J connectivity index is 1.65. The zero-order chi connectivity index (χ0) is 19.0. The molecule has 27 heavy (non-hydrogen) atoms. The number of carbonyl (C=O) groups is 1. The maximum atomic E-state index is 14.0. The zero-order valence-electron chi connectivity index (χ0n) is 14.8. The fraction of sp³-hybridized carbons (Fsp3) is 0.250. The summed E-state index contributed by atoms with van der Waals surface area (Å²) in [6, 6.07) is 8.52. The first-order valence-corrected chi connectivity index (χ1v) is 9.57. The summed E-state index contributed by atoms with van der Waals surface area (Å²) in [5, 5.41) is 17.2. The number of nitrogens with zero attached hydrogens (tertiary/aromatic N) is 3. The van der Waals surface area contributed by atoms with Crippen molar-refractivity contribution in [3.05, 3.63) is 63.5 Å². The molecule has 0 radical (unpaired) electrons. The monoisotopic (exact) mass is 380 g/mol. The summed E-state index contributed by atoms with van der Waals surface area (Å²) in [7, 11) is 0. The summed E-state index contributed by atoms with van der Waals surface area (Å²) in [6.45, 7) is 1.72. The van der Waals surface area contributed by atoms with E-state index in [2.05, 4.69) is 16.5 Å². The van der Waals surface area contributed by atoms with Crippen molar-refractivity contribution in [1.82, 2.24) is 9.78 Å². The molecule has 0 unspecified atom stereocenters. The van der Waals surface area contributed by atoms with Gasteiger partial charge in [-0.05, 0) is 50.3 Å². The number of benzene rings is 1.